The molecule has 6 heteroatoms. The minimum Gasteiger partial charge on any atom is -0.353 e. The predicted molar refractivity (Wildman–Crippen MR) is 53.8 cm³/mol. The molecule has 1 amide bonds. The molecule has 0 spiro atoms. The van der Waals surface area contributed by atoms with Gasteiger partial charge in [-0.1, -0.05) is 6.92 Å². The number of hydrogen-bond donors (Lipinski definition) is 2. The molecule has 0 aromatic carbocycles. The number of nitrogens with one attached hydrogen (secondary N) is 2. The third-order valence-electron chi connectivity index (χ3n) is 2.78. The highest BCUT2D eigenvalue weighted by atomic mass is 19.4. The molecule has 94 valence electrons. The van der Waals surface area contributed by atoms with E-state index >= 15 is 0 Å². The van der Waals surface area contributed by atoms with Gasteiger partial charge in [0, 0.05) is 12.6 Å². The molecule has 1 fully saturated rings. The third kappa shape index (κ3) is 4.00. The third-order valence-corrected chi connectivity index (χ3v) is 2.78. The molecule has 3 atom stereocenters. The number of hydrogen-bond acceptors (Lipinski definition) is 2. The highest BCUT2D eigenvalue weighted by Crippen LogP contribution is 2.22. The Morgan fingerprint density at radius 2 is 2.12 bits per heavy atom. The number of alkyl halides is 3. The quantitative estimate of drug-likeness (QED) is 0.778. The van der Waals surface area contributed by atoms with Crippen LogP contribution in [0.1, 0.15) is 20.3 Å². The maximum Gasteiger partial charge on any atom is 0.391 e. The molecule has 0 radical (unpaired) electrons. The maximum absolute atomic E-state index is 12.0. The Morgan fingerprint density at radius 1 is 1.50 bits per heavy atom. The molecule has 3 unspecified atom stereocenters. The van der Waals surface area contributed by atoms with Gasteiger partial charge in [0.25, 0.3) is 0 Å². The molecule has 16 heavy (non-hydrogen) atoms. The Labute approximate surface area is 92.8 Å². The van der Waals surface area contributed by atoms with Gasteiger partial charge in [0.1, 0.15) is 0 Å². The van der Waals surface area contributed by atoms with Gasteiger partial charge in [-0.15, -0.1) is 0 Å². The molecular weight excluding hydrogens is 221 g/mol. The van der Waals surface area contributed by atoms with E-state index in [1.54, 1.807) is 0 Å². The lowest BCUT2D eigenvalue weighted by Crippen LogP contribution is -2.41. The van der Waals surface area contributed by atoms with E-state index < -0.39 is 18.6 Å². The molecule has 0 aromatic rings. The summed E-state index contributed by atoms with van der Waals surface area (Å²) in [5.41, 5.74) is 0. The Hall–Kier alpha value is -0.780. The van der Waals surface area contributed by atoms with Crippen LogP contribution in [-0.2, 0) is 4.79 Å². The van der Waals surface area contributed by atoms with Gasteiger partial charge in [0.15, 0.2) is 0 Å². The van der Waals surface area contributed by atoms with Crippen LogP contribution in [0.15, 0.2) is 0 Å². The molecule has 1 heterocycles. The molecule has 1 aliphatic rings. The van der Waals surface area contributed by atoms with Gasteiger partial charge in [-0.25, -0.2) is 0 Å². The Balaban J connectivity index is 2.39. The van der Waals surface area contributed by atoms with Gasteiger partial charge in [0.2, 0.25) is 5.91 Å². The van der Waals surface area contributed by atoms with Crippen LogP contribution >= 0.6 is 0 Å². The topological polar surface area (TPSA) is 41.1 Å². The average Bonchev–Trinajstić information content (AvgIpc) is 2.47. The second kappa shape index (κ2) is 5.03. The minimum atomic E-state index is -4.23. The lowest BCUT2D eigenvalue weighted by molar-refractivity contribution is -0.142. The first-order chi connectivity index (χ1) is 7.29. The van der Waals surface area contributed by atoms with E-state index in [0.29, 0.717) is 6.54 Å². The van der Waals surface area contributed by atoms with Crippen molar-refractivity contribution < 1.29 is 18.0 Å². The smallest absolute Gasteiger partial charge is 0.353 e. The van der Waals surface area contributed by atoms with E-state index in [9.17, 15) is 18.0 Å². The second-order valence-electron chi connectivity index (χ2n) is 4.47. The van der Waals surface area contributed by atoms with Crippen LogP contribution in [0.5, 0.6) is 0 Å². The van der Waals surface area contributed by atoms with E-state index in [1.807, 2.05) is 6.92 Å². The first-order valence-corrected chi connectivity index (χ1v) is 5.37. The molecule has 0 bridgehead atoms. The molecule has 0 aliphatic carbocycles. The number of carbonyl (C=O) groups is 1. The minimum absolute atomic E-state index is 0.179. The molecule has 1 rings (SSSR count). The maximum atomic E-state index is 12.0. The standard InChI is InChI=1S/C10H17F3N2O/c1-6-4-14-5-8(6)9(16)15-7(2)3-10(11,12)13/h6-8,14H,3-5H2,1-2H3,(H,15,16). The van der Waals surface area contributed by atoms with Crippen LogP contribution < -0.4 is 10.6 Å². The molecule has 1 aliphatic heterocycles. The van der Waals surface area contributed by atoms with Crippen LogP contribution in [0.2, 0.25) is 0 Å². The first kappa shape index (κ1) is 13.3. The van der Waals surface area contributed by atoms with Crippen molar-refractivity contribution in [2.45, 2.75) is 32.5 Å². The zero-order chi connectivity index (χ0) is 12.3. The number of amides is 1. The SMILES string of the molecule is CC(CC(F)(F)F)NC(=O)C1CNCC1C. The Morgan fingerprint density at radius 3 is 2.56 bits per heavy atom. The van der Waals surface area contributed by atoms with E-state index in [2.05, 4.69) is 10.6 Å². The molecule has 3 nitrogen and oxygen atoms in total. The fourth-order valence-corrected chi connectivity index (χ4v) is 1.91. The molecule has 0 aromatic heterocycles. The van der Waals surface area contributed by atoms with E-state index in [4.69, 9.17) is 0 Å². The monoisotopic (exact) mass is 238 g/mol. The second-order valence-corrected chi connectivity index (χ2v) is 4.47. The predicted octanol–water partition coefficient (Wildman–Crippen LogP) is 1.30. The largest absolute Gasteiger partial charge is 0.391 e. The van der Waals surface area contributed by atoms with Crippen molar-refractivity contribution in [2.24, 2.45) is 11.8 Å². The highest BCUT2D eigenvalue weighted by molar-refractivity contribution is 5.79. The van der Waals surface area contributed by atoms with Crippen LogP contribution in [0, 0.1) is 11.8 Å². The Bertz CT molecular complexity index is 255. The highest BCUT2D eigenvalue weighted by Gasteiger charge is 2.34. The summed E-state index contributed by atoms with van der Waals surface area (Å²) in [5, 5.41) is 5.45. The summed E-state index contributed by atoms with van der Waals surface area (Å²) < 4.78 is 36.1. The van der Waals surface area contributed by atoms with Crippen LogP contribution in [0.4, 0.5) is 13.2 Å². The van der Waals surface area contributed by atoms with Crippen molar-refractivity contribution in [3.63, 3.8) is 0 Å². The fraction of sp³-hybridized carbons (Fsp3) is 0.900. The van der Waals surface area contributed by atoms with Crippen molar-refractivity contribution in [1.29, 1.82) is 0 Å². The lowest BCUT2D eigenvalue weighted by Gasteiger charge is -2.19. The molecule has 0 saturated carbocycles. The summed E-state index contributed by atoms with van der Waals surface area (Å²) in [5.74, 6) is -0.317. The summed E-state index contributed by atoms with van der Waals surface area (Å²) in [6, 6.07) is -0.861. The fourth-order valence-electron chi connectivity index (χ4n) is 1.91. The number of rotatable bonds is 3. The number of halogens is 3. The van der Waals surface area contributed by atoms with Crippen LogP contribution in [-0.4, -0.2) is 31.2 Å². The summed E-state index contributed by atoms with van der Waals surface area (Å²) in [7, 11) is 0. The molecule has 1 saturated heterocycles. The van der Waals surface area contributed by atoms with Crippen molar-refractivity contribution in [3.05, 3.63) is 0 Å². The lowest BCUT2D eigenvalue weighted by atomic mass is 9.97. The summed E-state index contributed by atoms with van der Waals surface area (Å²) in [4.78, 5) is 11.6. The van der Waals surface area contributed by atoms with E-state index in [1.165, 1.54) is 6.92 Å². The number of carbonyl (C=O) groups excluding carboxylic acids is 1. The van der Waals surface area contributed by atoms with Gasteiger partial charge in [-0.2, -0.15) is 13.2 Å². The van der Waals surface area contributed by atoms with Crippen LogP contribution in [0.25, 0.3) is 0 Å². The van der Waals surface area contributed by atoms with Gasteiger partial charge < -0.3 is 10.6 Å². The van der Waals surface area contributed by atoms with Gasteiger partial charge >= 0.3 is 6.18 Å². The van der Waals surface area contributed by atoms with Crippen molar-refractivity contribution in [1.82, 2.24) is 10.6 Å². The zero-order valence-corrected chi connectivity index (χ0v) is 9.40. The van der Waals surface area contributed by atoms with E-state index in [-0.39, 0.29) is 17.7 Å². The summed E-state index contributed by atoms with van der Waals surface area (Å²) in [6.45, 7) is 4.58. The molecule has 2 N–H and O–H groups in total. The van der Waals surface area contributed by atoms with Crippen molar-refractivity contribution >= 4 is 5.91 Å². The average molecular weight is 238 g/mol. The van der Waals surface area contributed by atoms with Gasteiger partial charge in [-0.05, 0) is 19.4 Å². The van der Waals surface area contributed by atoms with Crippen LogP contribution in [0.3, 0.4) is 0 Å². The Kier molecular flexibility index (Phi) is 4.18. The summed E-state index contributed by atoms with van der Waals surface area (Å²) in [6.07, 6.45) is -5.21. The van der Waals surface area contributed by atoms with Gasteiger partial charge in [0.05, 0.1) is 12.3 Å². The summed E-state index contributed by atoms with van der Waals surface area (Å²) >= 11 is 0. The van der Waals surface area contributed by atoms with Gasteiger partial charge in [-0.3, -0.25) is 4.79 Å². The first-order valence-electron chi connectivity index (χ1n) is 5.37. The zero-order valence-electron chi connectivity index (χ0n) is 9.40. The van der Waals surface area contributed by atoms with Crippen molar-refractivity contribution in [2.75, 3.05) is 13.1 Å². The molecular formula is C10H17F3N2O. The van der Waals surface area contributed by atoms with Crippen molar-refractivity contribution in [3.8, 4) is 0 Å². The normalized spacial score (nSPS) is 27.8. The van der Waals surface area contributed by atoms with E-state index in [0.717, 1.165) is 6.54 Å².